The average molecular weight is 139 g/mol. The topological polar surface area (TPSA) is 71.8 Å². The smallest absolute Gasteiger partial charge is 0.196 e. The van der Waals surface area contributed by atoms with Crippen LogP contribution in [0.5, 0.6) is 0 Å². The maximum Gasteiger partial charge on any atom is 0.196 e. The number of nitrogens with one attached hydrogen (secondary N) is 1. The van der Waals surface area contributed by atoms with E-state index in [1.807, 2.05) is 0 Å². The SMILES string of the molecule is Cc1[nH]cnc1C(=O)CN. The summed E-state index contributed by atoms with van der Waals surface area (Å²) in [5.41, 5.74) is 6.35. The number of nitrogens with two attached hydrogens (primary N) is 1. The Morgan fingerprint density at radius 2 is 2.60 bits per heavy atom. The summed E-state index contributed by atoms with van der Waals surface area (Å²) < 4.78 is 0. The van der Waals surface area contributed by atoms with Crippen LogP contribution >= 0.6 is 0 Å². The van der Waals surface area contributed by atoms with Crippen molar-refractivity contribution in [2.75, 3.05) is 6.54 Å². The number of hydrogen-bond acceptors (Lipinski definition) is 3. The summed E-state index contributed by atoms with van der Waals surface area (Å²) in [6.45, 7) is 1.81. The molecule has 0 fully saturated rings. The number of hydrogen-bond donors (Lipinski definition) is 2. The van der Waals surface area contributed by atoms with Crippen LogP contribution in [-0.4, -0.2) is 22.3 Å². The van der Waals surface area contributed by atoms with Crippen molar-refractivity contribution in [2.45, 2.75) is 6.92 Å². The predicted molar refractivity (Wildman–Crippen MR) is 36.7 cm³/mol. The Kier molecular flexibility index (Phi) is 1.82. The number of aryl methyl sites for hydroxylation is 1. The molecular weight excluding hydrogens is 130 g/mol. The quantitative estimate of drug-likeness (QED) is 0.560. The molecule has 1 aromatic heterocycles. The lowest BCUT2D eigenvalue weighted by Crippen LogP contribution is -2.14. The standard InChI is InChI=1S/C6H9N3O/c1-4-6(5(10)2-7)9-3-8-4/h3H,2,7H2,1H3,(H,8,9). The van der Waals surface area contributed by atoms with Crippen LogP contribution in [0.2, 0.25) is 0 Å². The Morgan fingerprint density at radius 1 is 1.90 bits per heavy atom. The van der Waals surface area contributed by atoms with Gasteiger partial charge in [0.05, 0.1) is 12.9 Å². The first kappa shape index (κ1) is 6.95. The molecule has 0 aromatic carbocycles. The molecule has 0 aliphatic rings. The van der Waals surface area contributed by atoms with Crippen molar-refractivity contribution in [1.29, 1.82) is 0 Å². The summed E-state index contributed by atoms with van der Waals surface area (Å²) in [5, 5.41) is 0. The molecule has 54 valence electrons. The molecule has 1 rings (SSSR count). The van der Waals surface area contributed by atoms with Crippen LogP contribution in [0.3, 0.4) is 0 Å². The fourth-order valence-electron chi connectivity index (χ4n) is 0.737. The van der Waals surface area contributed by atoms with E-state index in [-0.39, 0.29) is 12.3 Å². The highest BCUT2D eigenvalue weighted by Crippen LogP contribution is 1.99. The molecule has 3 N–H and O–H groups in total. The van der Waals surface area contributed by atoms with Crippen molar-refractivity contribution >= 4 is 5.78 Å². The fourth-order valence-corrected chi connectivity index (χ4v) is 0.737. The molecule has 0 spiro atoms. The van der Waals surface area contributed by atoms with Gasteiger partial charge in [-0.1, -0.05) is 0 Å². The molecule has 0 unspecified atom stereocenters. The fraction of sp³-hybridized carbons (Fsp3) is 0.333. The number of Topliss-reactive ketones (excluding diaryl/α,β-unsaturated/α-hetero) is 1. The lowest BCUT2D eigenvalue weighted by Gasteiger charge is -1.90. The summed E-state index contributed by atoms with van der Waals surface area (Å²) in [4.78, 5) is 17.5. The Hall–Kier alpha value is -1.16. The monoisotopic (exact) mass is 139 g/mol. The zero-order chi connectivity index (χ0) is 7.56. The van der Waals surface area contributed by atoms with Gasteiger partial charge < -0.3 is 10.7 Å². The number of nitrogens with zero attached hydrogens (tertiary/aromatic N) is 1. The molecule has 0 bridgehead atoms. The summed E-state index contributed by atoms with van der Waals surface area (Å²) in [5.74, 6) is -0.126. The molecule has 1 heterocycles. The van der Waals surface area contributed by atoms with Crippen LogP contribution in [0.15, 0.2) is 6.33 Å². The van der Waals surface area contributed by atoms with E-state index < -0.39 is 0 Å². The van der Waals surface area contributed by atoms with Crippen molar-refractivity contribution in [2.24, 2.45) is 5.73 Å². The zero-order valence-corrected chi connectivity index (χ0v) is 5.72. The summed E-state index contributed by atoms with van der Waals surface area (Å²) >= 11 is 0. The lowest BCUT2D eigenvalue weighted by molar-refractivity contribution is 0.0996. The Morgan fingerprint density at radius 3 is 3.00 bits per heavy atom. The number of H-pyrrole nitrogens is 1. The van der Waals surface area contributed by atoms with Crippen LogP contribution in [-0.2, 0) is 0 Å². The van der Waals surface area contributed by atoms with Crippen LogP contribution in [0.1, 0.15) is 16.2 Å². The largest absolute Gasteiger partial charge is 0.348 e. The van der Waals surface area contributed by atoms with Gasteiger partial charge in [0.15, 0.2) is 5.78 Å². The van der Waals surface area contributed by atoms with Gasteiger partial charge in [-0.25, -0.2) is 4.98 Å². The van der Waals surface area contributed by atoms with Gasteiger partial charge in [0.25, 0.3) is 0 Å². The van der Waals surface area contributed by atoms with Crippen LogP contribution in [0.25, 0.3) is 0 Å². The number of ketones is 1. The predicted octanol–water partition coefficient (Wildman–Crippen LogP) is -0.140. The maximum atomic E-state index is 10.9. The molecular formula is C6H9N3O. The molecule has 0 atom stereocenters. The van der Waals surface area contributed by atoms with Crippen molar-refractivity contribution in [3.05, 3.63) is 17.7 Å². The maximum absolute atomic E-state index is 10.9. The number of carbonyl (C=O) groups is 1. The summed E-state index contributed by atoms with van der Waals surface area (Å²) in [7, 11) is 0. The van der Waals surface area contributed by atoms with Crippen molar-refractivity contribution in [1.82, 2.24) is 9.97 Å². The molecule has 0 aliphatic carbocycles. The highest BCUT2D eigenvalue weighted by molar-refractivity contribution is 5.96. The van der Waals surface area contributed by atoms with Crippen molar-refractivity contribution < 1.29 is 4.79 Å². The Bertz CT molecular complexity index is 241. The van der Waals surface area contributed by atoms with Crippen LogP contribution < -0.4 is 5.73 Å². The molecule has 10 heavy (non-hydrogen) atoms. The Labute approximate surface area is 58.5 Å². The van der Waals surface area contributed by atoms with Crippen LogP contribution in [0.4, 0.5) is 0 Å². The summed E-state index contributed by atoms with van der Waals surface area (Å²) in [6, 6.07) is 0. The molecule has 4 heteroatoms. The van der Waals surface area contributed by atoms with Gasteiger partial charge in [-0.3, -0.25) is 4.79 Å². The number of aromatic nitrogens is 2. The third-order valence-corrected chi connectivity index (χ3v) is 1.28. The number of carbonyl (C=O) groups excluding carboxylic acids is 1. The van der Waals surface area contributed by atoms with Gasteiger partial charge in [0.2, 0.25) is 0 Å². The summed E-state index contributed by atoms with van der Waals surface area (Å²) in [6.07, 6.45) is 1.48. The van der Waals surface area contributed by atoms with Crippen molar-refractivity contribution in [3.8, 4) is 0 Å². The van der Waals surface area contributed by atoms with Gasteiger partial charge in [-0.2, -0.15) is 0 Å². The third kappa shape index (κ3) is 1.06. The van der Waals surface area contributed by atoms with E-state index in [2.05, 4.69) is 9.97 Å². The first-order chi connectivity index (χ1) is 4.75. The number of aromatic amines is 1. The molecule has 0 amide bonds. The van der Waals surface area contributed by atoms with Crippen molar-refractivity contribution in [3.63, 3.8) is 0 Å². The normalized spacial score (nSPS) is 9.80. The van der Waals surface area contributed by atoms with E-state index in [0.717, 1.165) is 5.69 Å². The second-order valence-electron chi connectivity index (χ2n) is 2.00. The van der Waals surface area contributed by atoms with E-state index in [9.17, 15) is 4.79 Å². The van der Waals surface area contributed by atoms with E-state index in [0.29, 0.717) is 5.69 Å². The van der Waals surface area contributed by atoms with Gasteiger partial charge in [-0.05, 0) is 6.92 Å². The first-order valence-corrected chi connectivity index (χ1v) is 2.99. The minimum atomic E-state index is -0.126. The van der Waals surface area contributed by atoms with E-state index in [1.54, 1.807) is 6.92 Å². The molecule has 0 saturated heterocycles. The van der Waals surface area contributed by atoms with E-state index in [1.165, 1.54) is 6.33 Å². The molecule has 0 radical (unpaired) electrons. The highest BCUT2D eigenvalue weighted by Gasteiger charge is 2.07. The van der Waals surface area contributed by atoms with E-state index >= 15 is 0 Å². The minimum Gasteiger partial charge on any atom is -0.348 e. The highest BCUT2D eigenvalue weighted by atomic mass is 16.1. The molecule has 4 nitrogen and oxygen atoms in total. The lowest BCUT2D eigenvalue weighted by atomic mass is 10.2. The zero-order valence-electron chi connectivity index (χ0n) is 5.72. The number of imidazole rings is 1. The Balaban J connectivity index is 2.93. The van der Waals surface area contributed by atoms with Gasteiger partial charge >= 0.3 is 0 Å². The van der Waals surface area contributed by atoms with Gasteiger partial charge in [-0.15, -0.1) is 0 Å². The van der Waals surface area contributed by atoms with E-state index in [4.69, 9.17) is 5.73 Å². The first-order valence-electron chi connectivity index (χ1n) is 2.99. The average Bonchev–Trinajstić information content (AvgIpc) is 2.34. The molecule has 0 aliphatic heterocycles. The second kappa shape index (κ2) is 2.62. The molecule has 1 aromatic rings. The third-order valence-electron chi connectivity index (χ3n) is 1.28. The minimum absolute atomic E-state index is 0.0195. The number of rotatable bonds is 2. The van der Waals surface area contributed by atoms with Gasteiger partial charge in [0, 0.05) is 5.69 Å². The van der Waals surface area contributed by atoms with Crippen LogP contribution in [0, 0.1) is 6.92 Å². The molecule has 0 saturated carbocycles. The second-order valence-corrected chi connectivity index (χ2v) is 2.00. The van der Waals surface area contributed by atoms with Gasteiger partial charge in [0.1, 0.15) is 5.69 Å².